The minimum atomic E-state index is -0.557. The van der Waals surface area contributed by atoms with Crippen LogP contribution in [0.25, 0.3) is 0 Å². The number of hydrogen-bond acceptors (Lipinski definition) is 3. The summed E-state index contributed by atoms with van der Waals surface area (Å²) in [5.74, 6) is -0.934. The number of benzene rings is 1. The van der Waals surface area contributed by atoms with Crippen LogP contribution in [0.15, 0.2) is 18.2 Å². The first kappa shape index (κ1) is 14.2. The monoisotopic (exact) mass is 285 g/mol. The number of carbonyl (C=O) groups excluding carboxylic acids is 1. The Bertz CT molecular complexity index is 461. The van der Waals surface area contributed by atoms with Gasteiger partial charge in [-0.25, -0.2) is 4.39 Å². The van der Waals surface area contributed by atoms with E-state index in [-0.39, 0.29) is 5.02 Å². The quantitative estimate of drug-likeness (QED) is 0.880. The summed E-state index contributed by atoms with van der Waals surface area (Å²) in [6.07, 6.45) is 0.943. The Hall–Kier alpha value is -1.17. The van der Waals surface area contributed by atoms with Crippen molar-refractivity contribution in [2.45, 2.75) is 12.5 Å². The van der Waals surface area contributed by atoms with Gasteiger partial charge in [0.1, 0.15) is 11.9 Å². The zero-order chi connectivity index (χ0) is 13.8. The van der Waals surface area contributed by atoms with Crippen LogP contribution in [0.1, 0.15) is 18.0 Å². The molecule has 3 N–H and O–H groups in total. The zero-order valence-electron chi connectivity index (χ0n) is 10.5. The Morgan fingerprint density at radius 3 is 2.89 bits per heavy atom. The molecule has 1 aliphatic rings. The lowest BCUT2D eigenvalue weighted by Crippen LogP contribution is -2.39. The van der Waals surface area contributed by atoms with Crippen molar-refractivity contribution in [3.63, 3.8) is 0 Å². The zero-order valence-corrected chi connectivity index (χ0v) is 11.3. The highest BCUT2D eigenvalue weighted by Crippen LogP contribution is 2.25. The summed E-state index contributed by atoms with van der Waals surface area (Å²) in [6, 6.07) is 3.75. The molecule has 1 aromatic rings. The van der Waals surface area contributed by atoms with E-state index in [0.717, 1.165) is 32.6 Å². The Labute approximate surface area is 116 Å². The number of rotatable bonds is 3. The highest BCUT2D eigenvalue weighted by atomic mass is 35.5. The first-order valence-electron chi connectivity index (χ1n) is 6.28. The topological polar surface area (TPSA) is 58.4 Å². The molecule has 2 rings (SSSR count). The normalized spacial score (nSPS) is 18.8. The fourth-order valence-electron chi connectivity index (χ4n) is 2.36. The van der Waals surface area contributed by atoms with Crippen LogP contribution in [0.5, 0.6) is 0 Å². The van der Waals surface area contributed by atoms with Crippen molar-refractivity contribution in [1.82, 2.24) is 10.2 Å². The lowest BCUT2D eigenvalue weighted by atomic mass is 10.0. The van der Waals surface area contributed by atoms with Crippen LogP contribution in [0, 0.1) is 5.82 Å². The van der Waals surface area contributed by atoms with Crippen LogP contribution in [-0.4, -0.2) is 37.0 Å². The van der Waals surface area contributed by atoms with E-state index in [2.05, 4.69) is 5.32 Å². The second-order valence-corrected chi connectivity index (χ2v) is 5.03. The minimum Gasteiger partial charge on any atom is -0.368 e. The number of halogens is 2. The van der Waals surface area contributed by atoms with Gasteiger partial charge in [0.05, 0.1) is 5.02 Å². The molecular formula is C13H17ClFN3O. The van der Waals surface area contributed by atoms with Crippen molar-refractivity contribution < 1.29 is 9.18 Å². The van der Waals surface area contributed by atoms with Crippen molar-refractivity contribution in [1.29, 1.82) is 0 Å². The Morgan fingerprint density at radius 2 is 2.21 bits per heavy atom. The van der Waals surface area contributed by atoms with Crippen LogP contribution in [0.4, 0.5) is 4.39 Å². The van der Waals surface area contributed by atoms with Gasteiger partial charge >= 0.3 is 0 Å². The molecule has 1 saturated heterocycles. The summed E-state index contributed by atoms with van der Waals surface area (Å²) in [5.41, 5.74) is 6.14. The molecular weight excluding hydrogens is 269 g/mol. The predicted octanol–water partition coefficient (Wildman–Crippen LogP) is 1.30. The number of nitrogens with two attached hydrogens (primary N) is 1. The fourth-order valence-corrected chi connectivity index (χ4v) is 2.55. The van der Waals surface area contributed by atoms with Crippen molar-refractivity contribution in [3.05, 3.63) is 34.6 Å². The maximum Gasteiger partial charge on any atom is 0.239 e. The molecule has 1 amide bonds. The highest BCUT2D eigenvalue weighted by molar-refractivity contribution is 6.30. The van der Waals surface area contributed by atoms with E-state index in [1.165, 1.54) is 12.1 Å². The smallest absolute Gasteiger partial charge is 0.239 e. The Kier molecular flexibility index (Phi) is 4.74. The molecule has 0 aliphatic carbocycles. The van der Waals surface area contributed by atoms with Gasteiger partial charge in [-0.1, -0.05) is 17.7 Å². The molecule has 1 aromatic carbocycles. The average Bonchev–Trinajstić information content (AvgIpc) is 2.62. The van der Waals surface area contributed by atoms with Gasteiger partial charge in [0, 0.05) is 19.6 Å². The fraction of sp³-hybridized carbons (Fsp3) is 0.462. The van der Waals surface area contributed by atoms with Crippen LogP contribution < -0.4 is 11.1 Å². The minimum absolute atomic E-state index is 0.0108. The van der Waals surface area contributed by atoms with Gasteiger partial charge in [0.15, 0.2) is 0 Å². The third-order valence-electron chi connectivity index (χ3n) is 3.27. The second-order valence-electron chi connectivity index (χ2n) is 4.62. The summed E-state index contributed by atoms with van der Waals surface area (Å²) in [4.78, 5) is 13.7. The second kappa shape index (κ2) is 6.32. The maximum atomic E-state index is 13.2. The largest absolute Gasteiger partial charge is 0.368 e. The molecule has 0 aromatic heterocycles. The van der Waals surface area contributed by atoms with Crippen LogP contribution in [0.2, 0.25) is 5.02 Å². The molecule has 0 radical (unpaired) electrons. The lowest BCUT2D eigenvalue weighted by Gasteiger charge is -2.28. The predicted molar refractivity (Wildman–Crippen MR) is 72.4 cm³/mol. The van der Waals surface area contributed by atoms with E-state index in [1.807, 2.05) is 4.90 Å². The van der Waals surface area contributed by atoms with Gasteiger partial charge < -0.3 is 11.1 Å². The van der Waals surface area contributed by atoms with E-state index >= 15 is 0 Å². The Balaban J connectivity index is 2.27. The summed E-state index contributed by atoms with van der Waals surface area (Å²) < 4.78 is 13.2. The first-order chi connectivity index (χ1) is 9.09. The molecule has 0 spiro atoms. The van der Waals surface area contributed by atoms with Gasteiger partial charge in [0.25, 0.3) is 0 Å². The van der Waals surface area contributed by atoms with Crippen molar-refractivity contribution in [2.75, 3.05) is 26.2 Å². The summed E-state index contributed by atoms with van der Waals surface area (Å²) in [5, 5.41) is 3.27. The molecule has 4 nitrogen and oxygen atoms in total. The SMILES string of the molecule is NC(=O)C(c1ccc(F)c(Cl)c1)N1CCCNCC1. The van der Waals surface area contributed by atoms with Crippen molar-refractivity contribution in [3.8, 4) is 0 Å². The molecule has 6 heteroatoms. The molecule has 1 heterocycles. The standard InChI is InChI=1S/C13H17ClFN3O/c14-10-8-9(2-3-11(10)15)12(13(16)19)18-6-1-4-17-5-7-18/h2-3,8,12,17H,1,4-7H2,(H2,16,19). The van der Waals surface area contributed by atoms with Crippen LogP contribution in [-0.2, 0) is 4.79 Å². The number of hydrogen-bond donors (Lipinski definition) is 2. The summed E-state index contributed by atoms with van der Waals surface area (Å²) in [6.45, 7) is 3.23. The van der Waals surface area contributed by atoms with Gasteiger partial charge in [-0.05, 0) is 30.7 Å². The molecule has 1 aliphatic heterocycles. The van der Waals surface area contributed by atoms with E-state index in [0.29, 0.717) is 5.56 Å². The van der Waals surface area contributed by atoms with Gasteiger partial charge in [-0.15, -0.1) is 0 Å². The van der Waals surface area contributed by atoms with E-state index < -0.39 is 17.8 Å². The number of amides is 1. The van der Waals surface area contributed by atoms with Crippen LogP contribution in [0.3, 0.4) is 0 Å². The lowest BCUT2D eigenvalue weighted by molar-refractivity contribution is -0.123. The van der Waals surface area contributed by atoms with Crippen LogP contribution >= 0.6 is 11.6 Å². The number of nitrogens with one attached hydrogen (secondary N) is 1. The molecule has 0 saturated carbocycles. The van der Waals surface area contributed by atoms with Gasteiger partial charge in [0.2, 0.25) is 5.91 Å². The van der Waals surface area contributed by atoms with Crippen molar-refractivity contribution in [2.24, 2.45) is 5.73 Å². The maximum absolute atomic E-state index is 13.2. The molecule has 1 atom stereocenters. The number of nitrogens with zero attached hydrogens (tertiary/aromatic N) is 1. The van der Waals surface area contributed by atoms with Gasteiger partial charge in [-0.2, -0.15) is 0 Å². The van der Waals surface area contributed by atoms with E-state index in [4.69, 9.17) is 17.3 Å². The first-order valence-corrected chi connectivity index (χ1v) is 6.66. The molecule has 1 unspecified atom stereocenters. The highest BCUT2D eigenvalue weighted by Gasteiger charge is 2.26. The van der Waals surface area contributed by atoms with Gasteiger partial charge in [-0.3, -0.25) is 9.69 Å². The average molecular weight is 286 g/mol. The van der Waals surface area contributed by atoms with E-state index in [9.17, 15) is 9.18 Å². The summed E-state index contributed by atoms with van der Waals surface area (Å²) >= 11 is 5.78. The van der Waals surface area contributed by atoms with E-state index in [1.54, 1.807) is 6.07 Å². The summed E-state index contributed by atoms with van der Waals surface area (Å²) in [7, 11) is 0. The number of primary amides is 1. The molecule has 0 bridgehead atoms. The third-order valence-corrected chi connectivity index (χ3v) is 3.56. The molecule has 19 heavy (non-hydrogen) atoms. The molecule has 104 valence electrons. The Morgan fingerprint density at radius 1 is 1.42 bits per heavy atom. The number of carbonyl (C=O) groups is 1. The van der Waals surface area contributed by atoms with Crippen molar-refractivity contribution >= 4 is 17.5 Å². The molecule has 1 fully saturated rings. The third kappa shape index (κ3) is 3.43.